The van der Waals surface area contributed by atoms with Gasteiger partial charge in [-0.05, 0) is 26.7 Å². The first-order valence-electron chi connectivity index (χ1n) is 4.99. The molecule has 2 heterocycles. The van der Waals surface area contributed by atoms with Crippen LogP contribution in [0.1, 0.15) is 33.6 Å². The summed E-state index contributed by atoms with van der Waals surface area (Å²) in [5.74, 6) is 0.441. The monoisotopic (exact) mass is 183 g/mol. The zero-order valence-electron chi connectivity index (χ0n) is 8.54. The van der Waals surface area contributed by atoms with Gasteiger partial charge >= 0.3 is 0 Å². The smallest absolute Gasteiger partial charge is 0.227 e. The van der Waals surface area contributed by atoms with Crippen molar-refractivity contribution in [3.05, 3.63) is 0 Å². The molecular weight excluding hydrogens is 166 g/mol. The number of piperidine rings is 1. The predicted molar refractivity (Wildman–Crippen MR) is 49.1 cm³/mol. The summed E-state index contributed by atoms with van der Waals surface area (Å²) in [5.41, 5.74) is -0.379. The van der Waals surface area contributed by atoms with Crippen LogP contribution in [-0.2, 0) is 9.53 Å². The number of carbonyl (C=O) groups is 1. The summed E-state index contributed by atoms with van der Waals surface area (Å²) >= 11 is 0. The van der Waals surface area contributed by atoms with Gasteiger partial charge in [0.1, 0.15) is 5.72 Å². The maximum atomic E-state index is 11.9. The number of carbonyl (C=O) groups excluding carboxylic acids is 1. The number of amides is 1. The summed E-state index contributed by atoms with van der Waals surface area (Å²) in [7, 11) is 0. The Bertz CT molecular complexity index is 237. The Morgan fingerprint density at radius 1 is 1.46 bits per heavy atom. The third-order valence-electron chi connectivity index (χ3n) is 3.17. The van der Waals surface area contributed by atoms with Crippen molar-refractivity contribution in [2.75, 3.05) is 6.61 Å². The Balaban J connectivity index is 2.25. The summed E-state index contributed by atoms with van der Waals surface area (Å²) < 4.78 is 5.61. The molecule has 0 aromatic carbocycles. The van der Waals surface area contributed by atoms with Crippen LogP contribution in [0.5, 0.6) is 0 Å². The highest BCUT2D eigenvalue weighted by Crippen LogP contribution is 2.35. The maximum Gasteiger partial charge on any atom is 0.227 e. The van der Waals surface area contributed by atoms with Gasteiger partial charge in [0.2, 0.25) is 5.91 Å². The molecule has 2 aliphatic rings. The van der Waals surface area contributed by atoms with Crippen LogP contribution in [0.4, 0.5) is 0 Å². The molecule has 0 radical (unpaired) electrons. The van der Waals surface area contributed by atoms with Crippen molar-refractivity contribution in [3.63, 3.8) is 0 Å². The molecule has 3 nitrogen and oxygen atoms in total. The van der Waals surface area contributed by atoms with Crippen LogP contribution >= 0.6 is 0 Å². The highest BCUT2D eigenvalue weighted by Gasteiger charge is 2.47. The Labute approximate surface area is 79.0 Å². The first kappa shape index (κ1) is 9.00. The number of nitrogens with zero attached hydrogens (tertiary/aromatic N) is 1. The van der Waals surface area contributed by atoms with Gasteiger partial charge in [-0.2, -0.15) is 0 Å². The van der Waals surface area contributed by atoms with Gasteiger partial charge in [-0.15, -0.1) is 0 Å². The van der Waals surface area contributed by atoms with Gasteiger partial charge in [0.25, 0.3) is 0 Å². The van der Waals surface area contributed by atoms with Gasteiger partial charge in [0.05, 0.1) is 12.6 Å². The van der Waals surface area contributed by atoms with E-state index in [2.05, 4.69) is 0 Å². The van der Waals surface area contributed by atoms with E-state index in [1.54, 1.807) is 0 Å². The molecule has 0 saturated carbocycles. The Morgan fingerprint density at radius 2 is 2.15 bits per heavy atom. The number of hydrogen-bond acceptors (Lipinski definition) is 2. The van der Waals surface area contributed by atoms with Crippen LogP contribution in [0.2, 0.25) is 0 Å². The van der Waals surface area contributed by atoms with Gasteiger partial charge in [-0.3, -0.25) is 4.79 Å². The van der Waals surface area contributed by atoms with Crippen molar-refractivity contribution in [3.8, 4) is 0 Å². The van der Waals surface area contributed by atoms with E-state index < -0.39 is 0 Å². The van der Waals surface area contributed by atoms with E-state index in [0.717, 1.165) is 12.8 Å². The normalized spacial score (nSPS) is 37.8. The molecule has 13 heavy (non-hydrogen) atoms. The zero-order chi connectivity index (χ0) is 9.64. The molecule has 0 unspecified atom stereocenters. The lowest BCUT2D eigenvalue weighted by atomic mass is 9.93. The third-order valence-corrected chi connectivity index (χ3v) is 3.17. The third kappa shape index (κ3) is 1.26. The minimum absolute atomic E-state index is 0.178. The molecule has 2 atom stereocenters. The SMILES string of the molecule is C[C@@H]1CC[C@@H]2COC(C)(C)N2C1=O. The number of hydrogen-bond donors (Lipinski definition) is 0. The molecule has 1 amide bonds. The largest absolute Gasteiger partial charge is 0.354 e. The van der Waals surface area contributed by atoms with Gasteiger partial charge in [-0.25, -0.2) is 0 Å². The zero-order valence-corrected chi connectivity index (χ0v) is 8.54. The van der Waals surface area contributed by atoms with E-state index >= 15 is 0 Å². The van der Waals surface area contributed by atoms with Crippen LogP contribution in [0.15, 0.2) is 0 Å². The minimum atomic E-state index is -0.379. The summed E-state index contributed by atoms with van der Waals surface area (Å²) in [4.78, 5) is 13.8. The fraction of sp³-hybridized carbons (Fsp3) is 0.900. The molecule has 0 aliphatic carbocycles. The average Bonchev–Trinajstić information content (AvgIpc) is 2.35. The summed E-state index contributed by atoms with van der Waals surface area (Å²) in [6.45, 7) is 6.67. The Hall–Kier alpha value is -0.570. The van der Waals surface area contributed by atoms with Crippen LogP contribution < -0.4 is 0 Å². The molecule has 0 spiro atoms. The summed E-state index contributed by atoms with van der Waals surface area (Å²) in [6.07, 6.45) is 2.11. The van der Waals surface area contributed by atoms with E-state index in [9.17, 15) is 4.79 Å². The Morgan fingerprint density at radius 3 is 2.85 bits per heavy atom. The molecule has 0 aromatic rings. The molecule has 3 heteroatoms. The lowest BCUT2D eigenvalue weighted by Gasteiger charge is -2.39. The fourth-order valence-electron chi connectivity index (χ4n) is 2.34. The molecule has 2 aliphatic heterocycles. The predicted octanol–water partition coefficient (Wildman–Crippen LogP) is 1.38. The van der Waals surface area contributed by atoms with Crippen molar-refractivity contribution in [2.45, 2.75) is 45.4 Å². The molecule has 2 rings (SSSR count). The van der Waals surface area contributed by atoms with E-state index in [1.807, 2.05) is 25.7 Å². The first-order chi connectivity index (χ1) is 6.02. The molecule has 0 bridgehead atoms. The van der Waals surface area contributed by atoms with Crippen LogP contribution in [0, 0.1) is 5.92 Å². The van der Waals surface area contributed by atoms with E-state index in [0.29, 0.717) is 12.6 Å². The van der Waals surface area contributed by atoms with Gasteiger partial charge in [-0.1, -0.05) is 6.92 Å². The lowest BCUT2D eigenvalue weighted by molar-refractivity contribution is -0.153. The van der Waals surface area contributed by atoms with Gasteiger partial charge in [0, 0.05) is 5.92 Å². The fourth-order valence-corrected chi connectivity index (χ4v) is 2.34. The minimum Gasteiger partial charge on any atom is -0.354 e. The number of ether oxygens (including phenoxy) is 1. The second-order valence-corrected chi connectivity index (χ2v) is 4.60. The average molecular weight is 183 g/mol. The lowest BCUT2D eigenvalue weighted by Crippen LogP contribution is -2.52. The number of fused-ring (bicyclic) bond motifs is 1. The molecule has 0 aromatic heterocycles. The quantitative estimate of drug-likeness (QED) is 0.568. The second kappa shape index (κ2) is 2.71. The van der Waals surface area contributed by atoms with Crippen molar-refractivity contribution in [1.82, 2.24) is 4.90 Å². The first-order valence-corrected chi connectivity index (χ1v) is 4.99. The van der Waals surface area contributed by atoms with Crippen molar-refractivity contribution in [2.24, 2.45) is 5.92 Å². The highest BCUT2D eigenvalue weighted by molar-refractivity contribution is 5.80. The maximum absolute atomic E-state index is 11.9. The topological polar surface area (TPSA) is 29.5 Å². The Kier molecular flexibility index (Phi) is 1.88. The molecular formula is C10H17NO2. The number of rotatable bonds is 0. The van der Waals surface area contributed by atoms with Crippen molar-refractivity contribution >= 4 is 5.91 Å². The summed E-state index contributed by atoms with van der Waals surface area (Å²) in [6, 6.07) is 0.332. The summed E-state index contributed by atoms with van der Waals surface area (Å²) in [5, 5.41) is 0. The van der Waals surface area contributed by atoms with Crippen molar-refractivity contribution in [1.29, 1.82) is 0 Å². The van der Waals surface area contributed by atoms with Crippen LogP contribution in [0.3, 0.4) is 0 Å². The molecule has 0 N–H and O–H groups in total. The van der Waals surface area contributed by atoms with E-state index in [4.69, 9.17) is 4.74 Å². The molecule has 2 fully saturated rings. The van der Waals surface area contributed by atoms with Crippen LogP contribution in [0.25, 0.3) is 0 Å². The standard InChI is InChI=1S/C10H17NO2/c1-7-4-5-8-6-13-10(2,3)11(8)9(7)12/h7-8H,4-6H2,1-3H3/t7-,8-/m1/s1. The molecule has 2 saturated heterocycles. The highest BCUT2D eigenvalue weighted by atomic mass is 16.5. The molecule has 74 valence electrons. The van der Waals surface area contributed by atoms with Crippen molar-refractivity contribution < 1.29 is 9.53 Å². The van der Waals surface area contributed by atoms with E-state index in [1.165, 1.54) is 0 Å². The van der Waals surface area contributed by atoms with Gasteiger partial charge < -0.3 is 9.64 Å². The van der Waals surface area contributed by atoms with E-state index in [-0.39, 0.29) is 17.6 Å². The van der Waals surface area contributed by atoms with Crippen LogP contribution in [-0.4, -0.2) is 29.2 Å². The van der Waals surface area contributed by atoms with Gasteiger partial charge in [0.15, 0.2) is 0 Å². The second-order valence-electron chi connectivity index (χ2n) is 4.60.